The maximum atomic E-state index is 14.5. The normalized spacial score (nSPS) is 15.0. The number of aryl methyl sites for hydroxylation is 2. The third-order valence-electron chi connectivity index (χ3n) is 7.12. The van der Waals surface area contributed by atoms with Crippen molar-refractivity contribution in [1.82, 2.24) is 10.2 Å². The van der Waals surface area contributed by atoms with E-state index >= 15 is 0 Å². The topological polar surface area (TPSA) is 97.0 Å². The molecule has 218 valence electrons. The number of hydrogen-bond acceptors (Lipinski definition) is 5. The van der Waals surface area contributed by atoms with Gasteiger partial charge < -0.3 is 25.0 Å². The lowest BCUT2D eigenvalue weighted by Gasteiger charge is -2.44. The number of carbonyl (C=O) groups is 3. The molecule has 1 aliphatic carbocycles. The van der Waals surface area contributed by atoms with Gasteiger partial charge in [-0.2, -0.15) is 0 Å². The van der Waals surface area contributed by atoms with Crippen molar-refractivity contribution in [2.75, 3.05) is 12.4 Å². The van der Waals surface area contributed by atoms with E-state index in [1.807, 2.05) is 45.9 Å². The van der Waals surface area contributed by atoms with Crippen molar-refractivity contribution in [3.8, 4) is 5.75 Å². The van der Waals surface area contributed by atoms with Gasteiger partial charge in [-0.25, -0.2) is 4.79 Å². The Morgan fingerprint density at radius 1 is 1.00 bits per heavy atom. The van der Waals surface area contributed by atoms with E-state index in [1.165, 1.54) is 0 Å². The molecular formula is C32H45N3O5. The average molecular weight is 552 g/mol. The summed E-state index contributed by atoms with van der Waals surface area (Å²) in [6, 6.07) is 11.2. The van der Waals surface area contributed by atoms with Gasteiger partial charge in [-0.05, 0) is 107 Å². The molecule has 3 rings (SSSR count). The molecule has 0 spiro atoms. The Hall–Kier alpha value is -3.55. The van der Waals surface area contributed by atoms with Crippen molar-refractivity contribution in [3.63, 3.8) is 0 Å². The van der Waals surface area contributed by atoms with E-state index in [1.54, 1.807) is 57.0 Å². The summed E-state index contributed by atoms with van der Waals surface area (Å²) < 4.78 is 10.8. The standard InChI is InChI=1S/C32H45N3O5/c1-20(2)19-26(34-31(38)40-32(5,6)7)30(37)35(24-13-10-14-24)28(27-21(3)11-9-12-22(27)4)29(36)33-23-15-17-25(39-8)18-16-23/h9,11-12,15-18,20,24,26,28H,10,13-14,19H2,1-8H3,(H,33,36)(H,34,38). The highest BCUT2D eigenvalue weighted by Crippen LogP contribution is 2.37. The fraction of sp³-hybridized carbons (Fsp3) is 0.531. The van der Waals surface area contributed by atoms with E-state index in [-0.39, 0.29) is 23.8 Å². The van der Waals surface area contributed by atoms with Gasteiger partial charge in [-0.1, -0.05) is 32.0 Å². The molecule has 0 heterocycles. The van der Waals surface area contributed by atoms with Crippen LogP contribution in [-0.2, 0) is 14.3 Å². The van der Waals surface area contributed by atoms with Crippen LogP contribution in [0.25, 0.3) is 0 Å². The van der Waals surface area contributed by atoms with Gasteiger partial charge in [0.15, 0.2) is 0 Å². The summed E-state index contributed by atoms with van der Waals surface area (Å²) in [5.41, 5.74) is 2.55. The van der Waals surface area contributed by atoms with E-state index in [9.17, 15) is 14.4 Å². The number of alkyl carbamates (subject to hydrolysis) is 1. The van der Waals surface area contributed by atoms with Crippen LogP contribution in [0.3, 0.4) is 0 Å². The van der Waals surface area contributed by atoms with E-state index in [0.717, 1.165) is 36.0 Å². The smallest absolute Gasteiger partial charge is 0.408 e. The summed E-state index contributed by atoms with van der Waals surface area (Å²) in [6.07, 6.45) is 2.34. The van der Waals surface area contributed by atoms with Crippen LogP contribution in [0.2, 0.25) is 0 Å². The summed E-state index contributed by atoms with van der Waals surface area (Å²) in [5.74, 6) is 0.226. The second-order valence-electron chi connectivity index (χ2n) is 12.1. The third kappa shape index (κ3) is 7.99. The van der Waals surface area contributed by atoms with Crippen LogP contribution in [0.4, 0.5) is 10.5 Å². The Morgan fingerprint density at radius 3 is 2.08 bits per heavy atom. The molecule has 3 amide bonds. The molecular weight excluding hydrogens is 506 g/mol. The highest BCUT2D eigenvalue weighted by atomic mass is 16.6. The largest absolute Gasteiger partial charge is 0.497 e. The first-order valence-electron chi connectivity index (χ1n) is 14.1. The molecule has 2 N–H and O–H groups in total. The maximum absolute atomic E-state index is 14.5. The molecule has 1 fully saturated rings. The lowest BCUT2D eigenvalue weighted by molar-refractivity contribution is -0.146. The van der Waals surface area contributed by atoms with E-state index in [2.05, 4.69) is 10.6 Å². The zero-order chi connectivity index (χ0) is 29.6. The molecule has 1 saturated carbocycles. The number of methoxy groups -OCH3 is 1. The molecule has 0 bridgehead atoms. The number of nitrogens with one attached hydrogen (secondary N) is 2. The Morgan fingerprint density at radius 2 is 1.60 bits per heavy atom. The first kappa shape index (κ1) is 31.0. The van der Waals surface area contributed by atoms with Crippen LogP contribution in [0, 0.1) is 19.8 Å². The van der Waals surface area contributed by atoms with Crippen molar-refractivity contribution in [2.24, 2.45) is 5.92 Å². The number of carbonyl (C=O) groups excluding carboxylic acids is 3. The van der Waals surface area contributed by atoms with Crippen LogP contribution < -0.4 is 15.4 Å². The highest BCUT2D eigenvalue weighted by Gasteiger charge is 2.43. The van der Waals surface area contributed by atoms with Crippen molar-refractivity contribution in [3.05, 3.63) is 59.2 Å². The number of nitrogens with zero attached hydrogens (tertiary/aromatic N) is 1. The van der Waals surface area contributed by atoms with E-state index in [0.29, 0.717) is 17.9 Å². The molecule has 8 heteroatoms. The van der Waals surface area contributed by atoms with E-state index < -0.39 is 23.8 Å². The lowest BCUT2D eigenvalue weighted by atomic mass is 9.85. The van der Waals surface area contributed by atoms with Crippen LogP contribution in [0.1, 0.15) is 83.0 Å². The van der Waals surface area contributed by atoms with Crippen molar-refractivity contribution in [2.45, 2.75) is 97.9 Å². The van der Waals surface area contributed by atoms with Gasteiger partial charge in [0, 0.05) is 11.7 Å². The van der Waals surface area contributed by atoms with Crippen LogP contribution >= 0.6 is 0 Å². The monoisotopic (exact) mass is 551 g/mol. The van der Waals surface area contributed by atoms with Gasteiger partial charge in [0.1, 0.15) is 23.4 Å². The minimum absolute atomic E-state index is 0.117. The molecule has 0 saturated heterocycles. The molecule has 2 atom stereocenters. The number of amides is 3. The Labute approximate surface area is 238 Å². The van der Waals surface area contributed by atoms with Gasteiger partial charge in [-0.3, -0.25) is 9.59 Å². The van der Waals surface area contributed by atoms with Gasteiger partial charge in [0.05, 0.1) is 7.11 Å². The Balaban J connectivity index is 2.06. The number of benzene rings is 2. The van der Waals surface area contributed by atoms with Gasteiger partial charge in [-0.15, -0.1) is 0 Å². The fourth-order valence-electron chi connectivity index (χ4n) is 5.05. The van der Waals surface area contributed by atoms with Crippen molar-refractivity contribution in [1.29, 1.82) is 0 Å². The van der Waals surface area contributed by atoms with Gasteiger partial charge in [0.2, 0.25) is 5.91 Å². The molecule has 2 unspecified atom stereocenters. The molecule has 0 radical (unpaired) electrons. The molecule has 40 heavy (non-hydrogen) atoms. The van der Waals surface area contributed by atoms with Crippen molar-refractivity contribution < 1.29 is 23.9 Å². The Bertz CT molecular complexity index is 1160. The fourth-order valence-corrected chi connectivity index (χ4v) is 5.05. The van der Waals surface area contributed by atoms with Crippen LogP contribution in [0.5, 0.6) is 5.75 Å². The molecule has 2 aromatic carbocycles. The number of hydrogen-bond donors (Lipinski definition) is 2. The van der Waals surface area contributed by atoms with Crippen LogP contribution in [0.15, 0.2) is 42.5 Å². The highest BCUT2D eigenvalue weighted by molar-refractivity contribution is 5.99. The zero-order valence-electron chi connectivity index (χ0n) is 25.2. The molecule has 0 aliphatic heterocycles. The molecule has 8 nitrogen and oxygen atoms in total. The first-order chi connectivity index (χ1) is 18.8. The third-order valence-corrected chi connectivity index (χ3v) is 7.12. The zero-order valence-corrected chi connectivity index (χ0v) is 25.2. The van der Waals surface area contributed by atoms with E-state index in [4.69, 9.17) is 9.47 Å². The second kappa shape index (κ2) is 13.2. The Kier molecular flexibility index (Phi) is 10.2. The van der Waals surface area contributed by atoms with Gasteiger partial charge in [0.25, 0.3) is 5.91 Å². The molecule has 0 aromatic heterocycles. The predicted molar refractivity (Wildman–Crippen MR) is 157 cm³/mol. The predicted octanol–water partition coefficient (Wildman–Crippen LogP) is 6.31. The quantitative estimate of drug-likeness (QED) is 0.361. The summed E-state index contributed by atoms with van der Waals surface area (Å²) in [5, 5.41) is 5.86. The SMILES string of the molecule is COc1ccc(NC(=O)C(c2c(C)cccc2C)N(C(=O)C(CC(C)C)NC(=O)OC(C)(C)C)C2CCC2)cc1. The molecule has 2 aromatic rings. The molecule has 1 aliphatic rings. The van der Waals surface area contributed by atoms with Gasteiger partial charge >= 0.3 is 6.09 Å². The number of anilines is 1. The average Bonchev–Trinajstić information content (AvgIpc) is 2.82. The van der Waals surface area contributed by atoms with Crippen LogP contribution in [-0.4, -0.2) is 47.6 Å². The van der Waals surface area contributed by atoms with Crippen molar-refractivity contribution >= 4 is 23.6 Å². The summed E-state index contributed by atoms with van der Waals surface area (Å²) in [7, 11) is 1.59. The lowest BCUT2D eigenvalue weighted by Crippen LogP contribution is -2.57. The number of rotatable bonds is 10. The second-order valence-corrected chi connectivity index (χ2v) is 12.1. The summed E-state index contributed by atoms with van der Waals surface area (Å²) in [4.78, 5) is 43.2. The number of ether oxygens (including phenoxy) is 2. The first-order valence-corrected chi connectivity index (χ1v) is 14.1. The minimum atomic E-state index is -0.879. The summed E-state index contributed by atoms with van der Waals surface area (Å²) in [6.45, 7) is 13.3. The summed E-state index contributed by atoms with van der Waals surface area (Å²) >= 11 is 0. The minimum Gasteiger partial charge on any atom is -0.497 e. The maximum Gasteiger partial charge on any atom is 0.408 e.